The zero-order chi connectivity index (χ0) is 10.7. The van der Waals surface area contributed by atoms with E-state index in [4.69, 9.17) is 0 Å². The van der Waals surface area contributed by atoms with Crippen LogP contribution in [0.15, 0.2) is 6.20 Å². The third-order valence-electron chi connectivity index (χ3n) is 1.99. The second-order valence-electron chi connectivity index (χ2n) is 3.46. The van der Waals surface area contributed by atoms with Crippen molar-refractivity contribution < 1.29 is 4.79 Å². The van der Waals surface area contributed by atoms with Gasteiger partial charge in [0.2, 0.25) is 0 Å². The minimum atomic E-state index is -0.198. The van der Waals surface area contributed by atoms with Crippen LogP contribution in [0.4, 0.5) is 0 Å². The van der Waals surface area contributed by atoms with Crippen LogP contribution in [0.3, 0.4) is 0 Å². The Morgan fingerprint density at radius 2 is 2.14 bits per heavy atom. The summed E-state index contributed by atoms with van der Waals surface area (Å²) in [5, 5.41) is 2.52. The van der Waals surface area contributed by atoms with Crippen molar-refractivity contribution in [3.05, 3.63) is 23.3 Å². The summed E-state index contributed by atoms with van der Waals surface area (Å²) in [4.78, 5) is 19.6. The number of rotatable bonds is 2. The second-order valence-corrected chi connectivity index (χ2v) is 3.46. The molecular weight excluding hydrogens is 178 g/mol. The van der Waals surface area contributed by atoms with E-state index >= 15 is 0 Å². The molecule has 1 rings (SSSR count). The van der Waals surface area contributed by atoms with Crippen molar-refractivity contribution in [2.45, 2.75) is 26.7 Å². The van der Waals surface area contributed by atoms with Crippen molar-refractivity contribution in [1.82, 2.24) is 15.3 Å². The summed E-state index contributed by atoms with van der Waals surface area (Å²) in [5.74, 6) is 0.136. The predicted octanol–water partition coefficient (Wildman–Crippen LogP) is 1.27. The predicted molar refractivity (Wildman–Crippen MR) is 54.2 cm³/mol. The number of carbonyl (C=O) groups excluding carboxylic acids is 1. The molecule has 14 heavy (non-hydrogen) atoms. The van der Waals surface area contributed by atoms with Gasteiger partial charge >= 0.3 is 0 Å². The molecule has 1 aromatic rings. The number of hydrogen-bond acceptors (Lipinski definition) is 3. The fraction of sp³-hybridized carbons (Fsp3) is 0.500. The van der Waals surface area contributed by atoms with Crippen LogP contribution in [-0.4, -0.2) is 22.9 Å². The molecule has 0 aliphatic heterocycles. The quantitative estimate of drug-likeness (QED) is 0.769. The van der Waals surface area contributed by atoms with Crippen LogP contribution in [0.2, 0.25) is 0 Å². The number of amides is 1. The van der Waals surface area contributed by atoms with Crippen LogP contribution >= 0.6 is 0 Å². The lowest BCUT2D eigenvalue weighted by Gasteiger charge is -2.08. The van der Waals surface area contributed by atoms with E-state index < -0.39 is 0 Å². The van der Waals surface area contributed by atoms with Crippen molar-refractivity contribution in [1.29, 1.82) is 0 Å². The Labute approximate surface area is 83.8 Å². The van der Waals surface area contributed by atoms with Crippen LogP contribution in [-0.2, 0) is 0 Å². The fourth-order valence-corrected chi connectivity index (χ4v) is 1.30. The Balaban J connectivity index is 3.06. The van der Waals surface area contributed by atoms with E-state index in [1.807, 2.05) is 6.92 Å². The maximum Gasteiger partial charge on any atom is 0.271 e. The maximum absolute atomic E-state index is 11.2. The first-order valence-corrected chi connectivity index (χ1v) is 4.62. The second kappa shape index (κ2) is 4.17. The molecule has 4 nitrogen and oxygen atoms in total. The Morgan fingerprint density at radius 1 is 1.50 bits per heavy atom. The number of aromatic nitrogens is 2. The van der Waals surface area contributed by atoms with Gasteiger partial charge < -0.3 is 5.32 Å². The first-order chi connectivity index (χ1) is 6.56. The van der Waals surface area contributed by atoms with Crippen LogP contribution in [0, 0.1) is 6.92 Å². The Kier molecular flexibility index (Phi) is 3.17. The van der Waals surface area contributed by atoms with E-state index in [0.717, 1.165) is 11.4 Å². The van der Waals surface area contributed by atoms with E-state index in [1.54, 1.807) is 7.05 Å². The molecule has 0 aliphatic carbocycles. The molecule has 4 heteroatoms. The van der Waals surface area contributed by atoms with Crippen molar-refractivity contribution in [2.24, 2.45) is 0 Å². The number of carbonyl (C=O) groups is 1. The Hall–Kier alpha value is -1.45. The molecule has 1 N–H and O–H groups in total. The molecule has 1 aromatic heterocycles. The molecule has 0 aliphatic rings. The summed E-state index contributed by atoms with van der Waals surface area (Å²) < 4.78 is 0. The van der Waals surface area contributed by atoms with Gasteiger partial charge in [0.1, 0.15) is 5.69 Å². The SMILES string of the molecule is CNC(=O)c1cnc(C(C)C)c(C)n1. The summed E-state index contributed by atoms with van der Waals surface area (Å²) >= 11 is 0. The lowest BCUT2D eigenvalue weighted by Crippen LogP contribution is -2.20. The van der Waals surface area contributed by atoms with Crippen LogP contribution in [0.25, 0.3) is 0 Å². The highest BCUT2D eigenvalue weighted by molar-refractivity contribution is 5.91. The van der Waals surface area contributed by atoms with Gasteiger partial charge in [-0.1, -0.05) is 13.8 Å². The Bertz CT molecular complexity index is 347. The molecule has 0 saturated carbocycles. The Morgan fingerprint density at radius 3 is 2.57 bits per heavy atom. The first-order valence-electron chi connectivity index (χ1n) is 4.62. The number of aryl methyl sites for hydroxylation is 1. The highest BCUT2D eigenvalue weighted by atomic mass is 16.1. The highest BCUT2D eigenvalue weighted by Gasteiger charge is 2.10. The molecule has 0 spiro atoms. The van der Waals surface area contributed by atoms with E-state index in [-0.39, 0.29) is 5.91 Å². The van der Waals surface area contributed by atoms with Crippen molar-refractivity contribution >= 4 is 5.91 Å². The van der Waals surface area contributed by atoms with Gasteiger partial charge in [-0.25, -0.2) is 4.98 Å². The number of nitrogens with zero attached hydrogens (tertiary/aromatic N) is 2. The standard InChI is InChI=1S/C10H15N3O/c1-6(2)9-7(3)13-8(5-12-9)10(14)11-4/h5-6H,1-4H3,(H,11,14). The van der Waals surface area contributed by atoms with Gasteiger partial charge in [0.25, 0.3) is 5.91 Å². The lowest BCUT2D eigenvalue weighted by atomic mass is 10.1. The summed E-state index contributed by atoms with van der Waals surface area (Å²) in [6, 6.07) is 0. The highest BCUT2D eigenvalue weighted by Crippen LogP contribution is 2.14. The molecule has 0 atom stereocenters. The molecular formula is C10H15N3O. The zero-order valence-electron chi connectivity index (χ0n) is 8.96. The van der Waals surface area contributed by atoms with Crippen LogP contribution in [0.5, 0.6) is 0 Å². The minimum absolute atomic E-state index is 0.198. The molecule has 0 fully saturated rings. The molecule has 0 unspecified atom stereocenters. The third-order valence-corrected chi connectivity index (χ3v) is 1.99. The van der Waals surface area contributed by atoms with Crippen LogP contribution < -0.4 is 5.32 Å². The summed E-state index contributed by atoms with van der Waals surface area (Å²) in [6.07, 6.45) is 1.52. The lowest BCUT2D eigenvalue weighted by molar-refractivity contribution is 0.0957. The van der Waals surface area contributed by atoms with Gasteiger partial charge in [-0.3, -0.25) is 9.78 Å². The molecule has 0 radical (unpaired) electrons. The molecule has 0 saturated heterocycles. The summed E-state index contributed by atoms with van der Waals surface area (Å²) in [7, 11) is 1.58. The smallest absolute Gasteiger partial charge is 0.271 e. The van der Waals surface area contributed by atoms with Crippen molar-refractivity contribution in [2.75, 3.05) is 7.05 Å². The monoisotopic (exact) mass is 193 g/mol. The van der Waals surface area contributed by atoms with Gasteiger partial charge in [-0.2, -0.15) is 0 Å². The topological polar surface area (TPSA) is 54.9 Å². The van der Waals surface area contributed by atoms with Crippen molar-refractivity contribution in [3.63, 3.8) is 0 Å². The molecule has 1 amide bonds. The van der Waals surface area contributed by atoms with Gasteiger partial charge in [-0.05, 0) is 12.8 Å². The summed E-state index contributed by atoms with van der Waals surface area (Å²) in [5.41, 5.74) is 2.13. The van der Waals surface area contributed by atoms with E-state index in [1.165, 1.54) is 6.20 Å². The fourth-order valence-electron chi connectivity index (χ4n) is 1.30. The molecule has 0 bridgehead atoms. The van der Waals surface area contributed by atoms with Crippen molar-refractivity contribution in [3.8, 4) is 0 Å². The van der Waals surface area contributed by atoms with Gasteiger partial charge in [-0.15, -0.1) is 0 Å². The van der Waals surface area contributed by atoms with E-state index in [2.05, 4.69) is 29.1 Å². The molecule has 0 aromatic carbocycles. The van der Waals surface area contributed by atoms with Gasteiger partial charge in [0.15, 0.2) is 0 Å². The average Bonchev–Trinajstić information content (AvgIpc) is 2.15. The minimum Gasteiger partial charge on any atom is -0.354 e. The molecule has 1 heterocycles. The summed E-state index contributed by atoms with van der Waals surface area (Å²) in [6.45, 7) is 5.97. The molecule has 76 valence electrons. The number of nitrogens with one attached hydrogen (secondary N) is 1. The van der Waals surface area contributed by atoms with Crippen LogP contribution in [0.1, 0.15) is 41.6 Å². The normalized spacial score (nSPS) is 10.4. The number of hydrogen-bond donors (Lipinski definition) is 1. The van der Waals surface area contributed by atoms with Gasteiger partial charge in [0, 0.05) is 7.05 Å². The first kappa shape index (κ1) is 10.6. The van der Waals surface area contributed by atoms with E-state index in [9.17, 15) is 4.79 Å². The third kappa shape index (κ3) is 2.07. The zero-order valence-corrected chi connectivity index (χ0v) is 8.96. The average molecular weight is 193 g/mol. The maximum atomic E-state index is 11.2. The van der Waals surface area contributed by atoms with E-state index in [0.29, 0.717) is 11.6 Å². The largest absolute Gasteiger partial charge is 0.354 e. The van der Waals surface area contributed by atoms with Gasteiger partial charge in [0.05, 0.1) is 17.6 Å².